The molecule has 0 fully saturated rings. The van der Waals surface area contributed by atoms with Gasteiger partial charge in [-0.2, -0.15) is 5.26 Å². The molecule has 0 atom stereocenters. The molecule has 2 aromatic rings. The Hall–Kier alpha value is -1.80. The first-order valence-electron chi connectivity index (χ1n) is 6.81. The number of nitriles is 1. The number of nitrogens with zero attached hydrogens (tertiary/aromatic N) is 2. The Labute approximate surface area is 139 Å². The molecule has 2 rings (SSSR count). The molecule has 0 aliphatic heterocycles. The van der Waals surface area contributed by atoms with Gasteiger partial charge in [-0.1, -0.05) is 36.4 Å². The predicted molar refractivity (Wildman–Crippen MR) is 98.0 cm³/mol. The van der Waals surface area contributed by atoms with E-state index in [0.29, 0.717) is 6.42 Å². The van der Waals surface area contributed by atoms with Gasteiger partial charge in [0, 0.05) is 22.8 Å². The van der Waals surface area contributed by atoms with Gasteiger partial charge in [0.15, 0.2) is 0 Å². The van der Waals surface area contributed by atoms with Gasteiger partial charge in [0.25, 0.3) is 0 Å². The molecule has 2 nitrogen and oxygen atoms in total. The van der Waals surface area contributed by atoms with E-state index < -0.39 is 0 Å². The monoisotopic (exact) mass is 388 g/mol. The van der Waals surface area contributed by atoms with Crippen molar-refractivity contribution in [3.05, 3.63) is 63.2 Å². The number of hydrogen-bond donors (Lipinski definition) is 0. The molecule has 0 N–H and O–H groups in total. The molecule has 2 aromatic carbocycles. The third kappa shape index (κ3) is 4.91. The van der Waals surface area contributed by atoms with E-state index in [1.165, 1.54) is 14.7 Å². The number of rotatable bonds is 5. The normalized spacial score (nSPS) is 10.5. The van der Waals surface area contributed by atoms with E-state index in [4.69, 9.17) is 5.26 Å². The van der Waals surface area contributed by atoms with Gasteiger partial charge in [0.05, 0.1) is 12.5 Å². The summed E-state index contributed by atoms with van der Waals surface area (Å²) in [6, 6.07) is 19.0. The van der Waals surface area contributed by atoms with Crippen molar-refractivity contribution in [1.82, 2.24) is 0 Å². The molecular weight excluding hydrogens is 371 g/mol. The lowest BCUT2D eigenvalue weighted by atomic mass is 10.1. The molecule has 21 heavy (non-hydrogen) atoms. The first-order chi connectivity index (χ1) is 10.2. The smallest absolute Gasteiger partial charge is 0.0640 e. The first-order valence-corrected chi connectivity index (χ1v) is 7.89. The summed E-state index contributed by atoms with van der Waals surface area (Å²) in [6.45, 7) is 0.758. The lowest BCUT2D eigenvalue weighted by molar-refractivity contribution is 0.905. The SMILES string of the molecule is CN(CCC#N)c1ccc(C=Cc2ccc(I)cc2)cc1. The maximum Gasteiger partial charge on any atom is 0.0640 e. The van der Waals surface area contributed by atoms with Gasteiger partial charge in [-0.25, -0.2) is 0 Å². The molecule has 0 saturated heterocycles. The van der Waals surface area contributed by atoms with Crippen molar-refractivity contribution >= 4 is 40.4 Å². The lowest BCUT2D eigenvalue weighted by Gasteiger charge is -2.17. The Morgan fingerprint density at radius 3 is 2.05 bits per heavy atom. The Bertz CT molecular complexity index is 636. The molecule has 0 radical (unpaired) electrons. The quantitative estimate of drug-likeness (QED) is 0.543. The van der Waals surface area contributed by atoms with Gasteiger partial charge in [0.2, 0.25) is 0 Å². The molecule has 0 amide bonds. The zero-order chi connectivity index (χ0) is 15.1. The summed E-state index contributed by atoms with van der Waals surface area (Å²) < 4.78 is 1.24. The maximum atomic E-state index is 8.62. The highest BCUT2D eigenvalue weighted by Crippen LogP contribution is 2.16. The van der Waals surface area contributed by atoms with Crippen LogP contribution in [-0.4, -0.2) is 13.6 Å². The van der Waals surface area contributed by atoms with Gasteiger partial charge in [-0.05, 0) is 58.0 Å². The van der Waals surface area contributed by atoms with E-state index in [1.54, 1.807) is 0 Å². The second-order valence-corrected chi connectivity index (χ2v) is 6.05. The average molecular weight is 388 g/mol. The number of halogens is 1. The van der Waals surface area contributed by atoms with Crippen molar-refractivity contribution < 1.29 is 0 Å². The van der Waals surface area contributed by atoms with Crippen LogP contribution >= 0.6 is 22.6 Å². The summed E-state index contributed by atoms with van der Waals surface area (Å²) >= 11 is 2.31. The van der Waals surface area contributed by atoms with Crippen LogP contribution in [0.1, 0.15) is 17.5 Å². The topological polar surface area (TPSA) is 27.0 Å². The van der Waals surface area contributed by atoms with Gasteiger partial charge < -0.3 is 4.90 Å². The Morgan fingerprint density at radius 1 is 1.00 bits per heavy atom. The van der Waals surface area contributed by atoms with E-state index in [1.807, 2.05) is 7.05 Å². The highest BCUT2D eigenvalue weighted by Gasteiger charge is 1.99. The standard InChI is InChI=1S/C18H17IN2/c1-21(14-2-13-20)18-11-7-16(8-12-18)4-3-15-5-9-17(19)10-6-15/h3-12H,2,14H2,1H3. The number of anilines is 1. The van der Waals surface area contributed by atoms with Crippen LogP contribution in [0.25, 0.3) is 12.2 Å². The van der Waals surface area contributed by atoms with Crippen LogP contribution in [0.3, 0.4) is 0 Å². The van der Waals surface area contributed by atoms with Crippen molar-refractivity contribution in [2.75, 3.05) is 18.5 Å². The summed E-state index contributed by atoms with van der Waals surface area (Å²) in [6.07, 6.45) is 4.77. The molecule has 0 heterocycles. The molecular formula is C18H17IN2. The summed E-state index contributed by atoms with van der Waals surface area (Å²) in [7, 11) is 2.01. The molecule has 0 bridgehead atoms. The van der Waals surface area contributed by atoms with Crippen molar-refractivity contribution in [2.45, 2.75) is 6.42 Å². The predicted octanol–water partition coefficient (Wildman–Crippen LogP) is 4.81. The fourth-order valence-corrected chi connectivity index (χ4v) is 2.31. The van der Waals surface area contributed by atoms with E-state index in [2.05, 4.69) is 94.2 Å². The first kappa shape index (κ1) is 15.6. The fraction of sp³-hybridized carbons (Fsp3) is 0.167. The summed E-state index contributed by atoms with van der Waals surface area (Å²) in [5.41, 5.74) is 3.51. The van der Waals surface area contributed by atoms with Crippen LogP contribution in [0, 0.1) is 14.9 Å². The molecule has 0 saturated carbocycles. The molecule has 0 aliphatic rings. The highest BCUT2D eigenvalue weighted by atomic mass is 127. The molecule has 0 aromatic heterocycles. The molecule has 0 aliphatic carbocycles. The molecule has 0 unspecified atom stereocenters. The minimum atomic E-state index is 0.547. The van der Waals surface area contributed by atoms with Crippen LogP contribution in [0.15, 0.2) is 48.5 Å². The summed E-state index contributed by atoms with van der Waals surface area (Å²) in [4.78, 5) is 2.09. The summed E-state index contributed by atoms with van der Waals surface area (Å²) in [5, 5.41) is 8.62. The Balaban J connectivity index is 2.02. The second-order valence-electron chi connectivity index (χ2n) is 4.81. The number of hydrogen-bond acceptors (Lipinski definition) is 2. The van der Waals surface area contributed by atoms with Crippen LogP contribution in [0.5, 0.6) is 0 Å². The van der Waals surface area contributed by atoms with E-state index in [9.17, 15) is 0 Å². The van der Waals surface area contributed by atoms with Crippen molar-refractivity contribution in [2.24, 2.45) is 0 Å². The van der Waals surface area contributed by atoms with Gasteiger partial charge in [0.1, 0.15) is 0 Å². The fourth-order valence-electron chi connectivity index (χ4n) is 1.95. The van der Waals surface area contributed by atoms with Crippen molar-refractivity contribution in [3.63, 3.8) is 0 Å². The van der Waals surface area contributed by atoms with Gasteiger partial charge in [-0.3, -0.25) is 0 Å². The average Bonchev–Trinajstić information content (AvgIpc) is 2.52. The van der Waals surface area contributed by atoms with E-state index in [0.717, 1.165) is 12.2 Å². The Morgan fingerprint density at radius 2 is 1.52 bits per heavy atom. The second kappa shape index (κ2) is 7.84. The molecule has 106 valence electrons. The lowest BCUT2D eigenvalue weighted by Crippen LogP contribution is -2.17. The minimum Gasteiger partial charge on any atom is -0.374 e. The van der Waals surface area contributed by atoms with Crippen LogP contribution in [0.2, 0.25) is 0 Å². The third-order valence-corrected chi connectivity index (χ3v) is 3.95. The third-order valence-electron chi connectivity index (χ3n) is 3.23. The van der Waals surface area contributed by atoms with E-state index >= 15 is 0 Å². The van der Waals surface area contributed by atoms with Crippen molar-refractivity contribution in [3.8, 4) is 6.07 Å². The van der Waals surface area contributed by atoms with Crippen LogP contribution < -0.4 is 4.90 Å². The number of benzene rings is 2. The summed E-state index contributed by atoms with van der Waals surface area (Å²) in [5.74, 6) is 0. The highest BCUT2D eigenvalue weighted by molar-refractivity contribution is 14.1. The maximum absolute atomic E-state index is 8.62. The van der Waals surface area contributed by atoms with Gasteiger partial charge in [-0.15, -0.1) is 0 Å². The Kier molecular flexibility index (Phi) is 5.82. The van der Waals surface area contributed by atoms with E-state index in [-0.39, 0.29) is 0 Å². The van der Waals surface area contributed by atoms with Crippen LogP contribution in [-0.2, 0) is 0 Å². The largest absolute Gasteiger partial charge is 0.374 e. The molecule has 3 heteroatoms. The molecule has 0 spiro atoms. The van der Waals surface area contributed by atoms with Crippen LogP contribution in [0.4, 0.5) is 5.69 Å². The van der Waals surface area contributed by atoms with Crippen molar-refractivity contribution in [1.29, 1.82) is 5.26 Å². The minimum absolute atomic E-state index is 0.547. The zero-order valence-electron chi connectivity index (χ0n) is 12.0. The zero-order valence-corrected chi connectivity index (χ0v) is 14.1. The van der Waals surface area contributed by atoms with Gasteiger partial charge >= 0.3 is 0 Å².